The van der Waals surface area contributed by atoms with E-state index in [1.54, 1.807) is 6.26 Å². The van der Waals surface area contributed by atoms with E-state index in [0.29, 0.717) is 0 Å². The molecule has 2 aromatic rings. The van der Waals surface area contributed by atoms with Crippen LogP contribution in [0.3, 0.4) is 0 Å². The number of nitrogens with one attached hydrogen (secondary N) is 1. The molecular weight excluding hydrogens is 226 g/mol. The molecule has 0 aliphatic rings. The molecule has 2 heterocycles. The lowest BCUT2D eigenvalue weighted by molar-refractivity contribution is 0.497. The minimum Gasteiger partial charge on any atom is -0.469 e. The maximum Gasteiger partial charge on any atom is 0.130 e. The summed E-state index contributed by atoms with van der Waals surface area (Å²) in [6.45, 7) is 6.13. The van der Waals surface area contributed by atoms with Crippen molar-refractivity contribution in [2.45, 2.75) is 39.7 Å². The molecule has 1 atom stereocenters. The molecule has 2 aromatic heterocycles. The first kappa shape index (κ1) is 12.6. The summed E-state index contributed by atoms with van der Waals surface area (Å²) in [7, 11) is 0. The second kappa shape index (κ2) is 5.67. The van der Waals surface area contributed by atoms with Crippen molar-refractivity contribution in [3.8, 4) is 0 Å². The Kier molecular flexibility index (Phi) is 3.97. The summed E-state index contributed by atoms with van der Waals surface area (Å²) in [4.78, 5) is 8.76. The van der Waals surface area contributed by atoms with Crippen LogP contribution in [0.15, 0.2) is 28.9 Å². The smallest absolute Gasteiger partial charge is 0.130 e. The number of anilines is 1. The summed E-state index contributed by atoms with van der Waals surface area (Å²) in [5.41, 5.74) is 1.06. The fourth-order valence-corrected chi connectivity index (χ4v) is 1.92. The van der Waals surface area contributed by atoms with Crippen LogP contribution in [0.5, 0.6) is 0 Å². The molecule has 0 saturated carbocycles. The van der Waals surface area contributed by atoms with Gasteiger partial charge in [0.05, 0.1) is 6.26 Å². The van der Waals surface area contributed by atoms with E-state index in [0.717, 1.165) is 35.9 Å². The lowest BCUT2D eigenvalue weighted by Crippen LogP contribution is -2.19. The van der Waals surface area contributed by atoms with Crippen molar-refractivity contribution < 1.29 is 4.42 Å². The first-order valence-electron chi connectivity index (χ1n) is 6.31. The third kappa shape index (κ3) is 3.32. The highest BCUT2D eigenvalue weighted by atomic mass is 16.3. The van der Waals surface area contributed by atoms with Gasteiger partial charge in [0.2, 0.25) is 0 Å². The zero-order valence-electron chi connectivity index (χ0n) is 11.1. The third-order valence-electron chi connectivity index (χ3n) is 2.73. The molecular formula is C14H19N3O. The zero-order valence-corrected chi connectivity index (χ0v) is 11.1. The van der Waals surface area contributed by atoms with Crippen LogP contribution in [0.2, 0.25) is 0 Å². The van der Waals surface area contributed by atoms with Crippen LogP contribution in [-0.2, 0) is 12.8 Å². The number of aromatic nitrogens is 2. The summed E-state index contributed by atoms with van der Waals surface area (Å²) in [5, 5.41) is 3.38. The van der Waals surface area contributed by atoms with Gasteiger partial charge in [0, 0.05) is 24.2 Å². The molecule has 0 aliphatic heterocycles. The van der Waals surface area contributed by atoms with Gasteiger partial charge in [-0.1, -0.05) is 6.92 Å². The molecule has 1 unspecified atom stereocenters. The molecule has 0 bridgehead atoms. The van der Waals surface area contributed by atoms with Crippen LogP contribution >= 0.6 is 0 Å². The molecule has 0 aromatic carbocycles. The molecule has 4 heteroatoms. The lowest BCUT2D eigenvalue weighted by Gasteiger charge is -2.14. The van der Waals surface area contributed by atoms with Gasteiger partial charge >= 0.3 is 0 Å². The molecule has 0 fully saturated rings. The minimum absolute atomic E-state index is 0.273. The lowest BCUT2D eigenvalue weighted by atomic mass is 10.2. The predicted octanol–water partition coefficient (Wildman–Crippen LogP) is 2.98. The van der Waals surface area contributed by atoms with Gasteiger partial charge < -0.3 is 9.73 Å². The van der Waals surface area contributed by atoms with Crippen molar-refractivity contribution in [2.75, 3.05) is 5.32 Å². The highest BCUT2D eigenvalue weighted by Gasteiger charge is 2.07. The molecule has 0 aliphatic carbocycles. The summed E-state index contributed by atoms with van der Waals surface area (Å²) >= 11 is 0. The van der Waals surface area contributed by atoms with E-state index in [4.69, 9.17) is 4.42 Å². The Morgan fingerprint density at radius 1 is 1.39 bits per heavy atom. The number of rotatable bonds is 5. The third-order valence-corrected chi connectivity index (χ3v) is 2.73. The number of nitrogens with zero attached hydrogens (tertiary/aromatic N) is 2. The Morgan fingerprint density at radius 2 is 2.22 bits per heavy atom. The molecule has 0 spiro atoms. The first-order valence-corrected chi connectivity index (χ1v) is 6.31. The average Bonchev–Trinajstić information content (AvgIpc) is 2.80. The van der Waals surface area contributed by atoms with Crippen LogP contribution in [0, 0.1) is 6.92 Å². The Morgan fingerprint density at radius 3 is 2.89 bits per heavy atom. The van der Waals surface area contributed by atoms with Gasteiger partial charge in [-0.15, -0.1) is 0 Å². The van der Waals surface area contributed by atoms with Crippen molar-refractivity contribution in [1.29, 1.82) is 0 Å². The van der Waals surface area contributed by atoms with E-state index < -0.39 is 0 Å². The molecule has 4 nitrogen and oxygen atoms in total. The van der Waals surface area contributed by atoms with Crippen molar-refractivity contribution in [2.24, 2.45) is 0 Å². The van der Waals surface area contributed by atoms with Gasteiger partial charge in [0.1, 0.15) is 17.4 Å². The van der Waals surface area contributed by atoms with Gasteiger partial charge in [-0.2, -0.15) is 0 Å². The second-order valence-corrected chi connectivity index (χ2v) is 4.47. The number of hydrogen-bond acceptors (Lipinski definition) is 4. The second-order valence-electron chi connectivity index (χ2n) is 4.47. The summed E-state index contributed by atoms with van der Waals surface area (Å²) < 4.78 is 5.34. The van der Waals surface area contributed by atoms with Crippen LogP contribution in [-0.4, -0.2) is 16.0 Å². The highest BCUT2D eigenvalue weighted by Crippen LogP contribution is 2.11. The standard InChI is InChI=1S/C14H19N3O/c1-4-12-9-14(17-11(3)16-12)15-10(2)8-13-6-5-7-18-13/h5-7,9-10H,4,8H2,1-3H3,(H,15,16,17). The molecule has 0 amide bonds. The molecule has 1 N–H and O–H groups in total. The van der Waals surface area contributed by atoms with Gasteiger partial charge in [0.15, 0.2) is 0 Å². The highest BCUT2D eigenvalue weighted by molar-refractivity contribution is 5.37. The van der Waals surface area contributed by atoms with Gasteiger partial charge in [-0.25, -0.2) is 9.97 Å². The van der Waals surface area contributed by atoms with Crippen molar-refractivity contribution >= 4 is 5.82 Å². The summed E-state index contributed by atoms with van der Waals surface area (Å²) in [6, 6.07) is 6.17. The Labute approximate surface area is 107 Å². The van der Waals surface area contributed by atoms with Gasteiger partial charge in [-0.3, -0.25) is 0 Å². The first-order chi connectivity index (χ1) is 8.67. The average molecular weight is 245 g/mol. The number of hydrogen-bond donors (Lipinski definition) is 1. The zero-order chi connectivity index (χ0) is 13.0. The maximum absolute atomic E-state index is 5.34. The Balaban J connectivity index is 2.02. The maximum atomic E-state index is 5.34. The SMILES string of the molecule is CCc1cc(NC(C)Cc2ccco2)nc(C)n1. The van der Waals surface area contributed by atoms with Crippen molar-refractivity contribution in [1.82, 2.24) is 9.97 Å². The molecule has 2 rings (SSSR count). The topological polar surface area (TPSA) is 51.0 Å². The molecule has 96 valence electrons. The van der Waals surface area contributed by atoms with Gasteiger partial charge in [-0.05, 0) is 32.4 Å². The number of aryl methyl sites for hydroxylation is 2. The van der Waals surface area contributed by atoms with E-state index in [9.17, 15) is 0 Å². The van der Waals surface area contributed by atoms with E-state index in [1.165, 1.54) is 0 Å². The van der Waals surface area contributed by atoms with Gasteiger partial charge in [0.25, 0.3) is 0 Å². The molecule has 0 radical (unpaired) electrons. The summed E-state index contributed by atoms with van der Waals surface area (Å²) in [5.74, 6) is 2.68. The predicted molar refractivity (Wildman–Crippen MR) is 71.6 cm³/mol. The summed E-state index contributed by atoms with van der Waals surface area (Å²) in [6.07, 6.45) is 3.47. The van der Waals surface area contributed by atoms with Crippen molar-refractivity contribution in [3.63, 3.8) is 0 Å². The molecule has 0 saturated heterocycles. The van der Waals surface area contributed by atoms with E-state index in [1.807, 2.05) is 25.1 Å². The van der Waals surface area contributed by atoms with E-state index in [2.05, 4.69) is 29.1 Å². The number of furan rings is 1. The quantitative estimate of drug-likeness (QED) is 0.879. The van der Waals surface area contributed by atoms with Crippen LogP contribution < -0.4 is 5.32 Å². The Bertz CT molecular complexity index is 494. The molecule has 18 heavy (non-hydrogen) atoms. The van der Waals surface area contributed by atoms with Crippen LogP contribution in [0.1, 0.15) is 31.1 Å². The van der Waals surface area contributed by atoms with E-state index >= 15 is 0 Å². The van der Waals surface area contributed by atoms with E-state index in [-0.39, 0.29) is 6.04 Å². The van der Waals surface area contributed by atoms with Crippen molar-refractivity contribution in [3.05, 3.63) is 41.7 Å². The minimum atomic E-state index is 0.273. The Hall–Kier alpha value is -1.84. The van der Waals surface area contributed by atoms with Crippen LogP contribution in [0.4, 0.5) is 5.82 Å². The fourth-order valence-electron chi connectivity index (χ4n) is 1.92. The largest absolute Gasteiger partial charge is 0.469 e. The normalized spacial score (nSPS) is 12.4. The van der Waals surface area contributed by atoms with Crippen LogP contribution in [0.25, 0.3) is 0 Å². The fraction of sp³-hybridized carbons (Fsp3) is 0.429. The monoisotopic (exact) mass is 245 g/mol.